The first-order chi connectivity index (χ1) is 13.0. The Labute approximate surface area is 158 Å². The number of rotatable bonds is 5. The van der Waals surface area contributed by atoms with E-state index >= 15 is 0 Å². The van der Waals surface area contributed by atoms with Crippen LogP contribution in [0.25, 0.3) is 5.76 Å². The fourth-order valence-electron chi connectivity index (χ4n) is 3.26. The summed E-state index contributed by atoms with van der Waals surface area (Å²) in [5.41, 5.74) is 2.37. The van der Waals surface area contributed by atoms with Crippen molar-refractivity contribution in [1.29, 1.82) is 0 Å². The second kappa shape index (κ2) is 7.50. The average molecular weight is 362 g/mol. The van der Waals surface area contributed by atoms with E-state index in [1.165, 1.54) is 4.90 Å². The Morgan fingerprint density at radius 1 is 1.11 bits per heavy atom. The minimum atomic E-state index is -0.681. The molecule has 1 amide bonds. The number of hydrogen-bond donors (Lipinski definition) is 1. The number of hydrogen-bond acceptors (Lipinski definition) is 4. The first-order valence-electron chi connectivity index (χ1n) is 8.67. The summed E-state index contributed by atoms with van der Waals surface area (Å²) in [5.74, 6) is -1.48. The zero-order valence-corrected chi connectivity index (χ0v) is 15.4. The SMILES string of the molecule is C=CCN1C(=O)C(=O)C(=C(O)c2ccccc2)[C@H]1c1ccc(N(C)C)cc1. The van der Waals surface area contributed by atoms with Gasteiger partial charge in [-0.25, -0.2) is 0 Å². The van der Waals surface area contributed by atoms with Crippen molar-refractivity contribution in [2.75, 3.05) is 25.5 Å². The van der Waals surface area contributed by atoms with Crippen LogP contribution in [0.3, 0.4) is 0 Å². The van der Waals surface area contributed by atoms with Gasteiger partial charge < -0.3 is 14.9 Å². The topological polar surface area (TPSA) is 60.9 Å². The van der Waals surface area contributed by atoms with Crippen molar-refractivity contribution in [3.8, 4) is 0 Å². The lowest BCUT2D eigenvalue weighted by Gasteiger charge is -2.24. The van der Waals surface area contributed by atoms with E-state index in [9.17, 15) is 14.7 Å². The van der Waals surface area contributed by atoms with Gasteiger partial charge in [-0.3, -0.25) is 9.59 Å². The molecule has 1 N–H and O–H groups in total. The van der Waals surface area contributed by atoms with Crippen molar-refractivity contribution < 1.29 is 14.7 Å². The first-order valence-corrected chi connectivity index (χ1v) is 8.67. The molecule has 0 radical (unpaired) electrons. The summed E-state index contributed by atoms with van der Waals surface area (Å²) in [6, 6.07) is 15.7. The molecule has 0 aliphatic carbocycles. The number of anilines is 1. The van der Waals surface area contributed by atoms with E-state index in [1.54, 1.807) is 30.3 Å². The highest BCUT2D eigenvalue weighted by Crippen LogP contribution is 2.39. The number of carbonyl (C=O) groups excluding carboxylic acids is 2. The Kier molecular flexibility index (Phi) is 5.12. The third-order valence-electron chi connectivity index (χ3n) is 4.64. The van der Waals surface area contributed by atoms with Crippen molar-refractivity contribution in [2.45, 2.75) is 6.04 Å². The van der Waals surface area contributed by atoms with Gasteiger partial charge in [0.2, 0.25) is 0 Å². The lowest BCUT2D eigenvalue weighted by Crippen LogP contribution is -2.29. The molecule has 1 atom stereocenters. The number of nitrogens with zero attached hydrogens (tertiary/aromatic N) is 2. The van der Waals surface area contributed by atoms with Crippen molar-refractivity contribution in [1.82, 2.24) is 4.90 Å². The zero-order valence-electron chi connectivity index (χ0n) is 15.4. The summed E-state index contributed by atoms with van der Waals surface area (Å²) in [4.78, 5) is 28.7. The van der Waals surface area contributed by atoms with Crippen molar-refractivity contribution >= 4 is 23.1 Å². The van der Waals surface area contributed by atoms with Crippen LogP contribution in [0, 0.1) is 0 Å². The van der Waals surface area contributed by atoms with E-state index in [-0.39, 0.29) is 17.9 Å². The monoisotopic (exact) mass is 362 g/mol. The van der Waals surface area contributed by atoms with Gasteiger partial charge in [-0.1, -0.05) is 48.5 Å². The summed E-state index contributed by atoms with van der Waals surface area (Å²) < 4.78 is 0. The number of aliphatic hydroxyl groups excluding tert-OH is 1. The van der Waals surface area contributed by atoms with Crippen LogP contribution in [0.2, 0.25) is 0 Å². The molecule has 27 heavy (non-hydrogen) atoms. The molecule has 5 nitrogen and oxygen atoms in total. The van der Waals surface area contributed by atoms with Gasteiger partial charge in [-0.05, 0) is 17.7 Å². The average Bonchev–Trinajstić information content (AvgIpc) is 2.93. The molecule has 138 valence electrons. The molecule has 0 bridgehead atoms. The Morgan fingerprint density at radius 3 is 2.30 bits per heavy atom. The third-order valence-corrected chi connectivity index (χ3v) is 4.64. The largest absolute Gasteiger partial charge is 0.507 e. The van der Waals surface area contributed by atoms with Gasteiger partial charge in [0.15, 0.2) is 0 Å². The molecule has 1 heterocycles. The van der Waals surface area contributed by atoms with Crippen molar-refractivity contribution in [3.63, 3.8) is 0 Å². The number of likely N-dealkylation sites (tertiary alicyclic amines) is 1. The molecule has 1 fully saturated rings. The van der Waals surface area contributed by atoms with E-state index in [4.69, 9.17) is 0 Å². The first kappa shape index (κ1) is 18.5. The standard InChI is InChI=1S/C22H22N2O3/c1-4-14-24-19(15-10-12-17(13-11-15)23(2)3)18(21(26)22(24)27)20(25)16-8-6-5-7-9-16/h4-13,19,25H,1,14H2,2-3H3/t19-/m1/s1. The van der Waals surface area contributed by atoms with Gasteiger partial charge in [0.05, 0.1) is 11.6 Å². The molecule has 0 saturated carbocycles. The lowest BCUT2D eigenvalue weighted by molar-refractivity contribution is -0.139. The van der Waals surface area contributed by atoms with E-state index in [1.807, 2.05) is 49.3 Å². The molecule has 2 aromatic carbocycles. The molecular formula is C22H22N2O3. The smallest absolute Gasteiger partial charge is 0.295 e. The van der Waals surface area contributed by atoms with Gasteiger partial charge in [-0.15, -0.1) is 6.58 Å². The van der Waals surface area contributed by atoms with Crippen LogP contribution < -0.4 is 4.90 Å². The maximum absolute atomic E-state index is 12.7. The van der Waals surface area contributed by atoms with E-state index in [0.29, 0.717) is 5.56 Å². The van der Waals surface area contributed by atoms with E-state index < -0.39 is 17.7 Å². The minimum absolute atomic E-state index is 0.102. The lowest BCUT2D eigenvalue weighted by atomic mass is 9.95. The minimum Gasteiger partial charge on any atom is -0.507 e. The molecule has 5 heteroatoms. The Balaban J connectivity index is 2.16. The third kappa shape index (κ3) is 3.36. The molecule has 0 aromatic heterocycles. The van der Waals surface area contributed by atoms with Crippen LogP contribution in [-0.2, 0) is 9.59 Å². The van der Waals surface area contributed by atoms with Crippen molar-refractivity contribution in [2.24, 2.45) is 0 Å². The maximum atomic E-state index is 12.7. The quantitative estimate of drug-likeness (QED) is 0.383. The number of amides is 1. The number of Topliss-reactive ketones (excluding diaryl/α,β-unsaturated/α-hetero) is 1. The normalized spacial score (nSPS) is 18.6. The summed E-state index contributed by atoms with van der Waals surface area (Å²) in [6.45, 7) is 3.91. The molecule has 0 unspecified atom stereocenters. The van der Waals surface area contributed by atoms with E-state index in [0.717, 1.165) is 11.3 Å². The summed E-state index contributed by atoms with van der Waals surface area (Å²) in [6.07, 6.45) is 1.58. The Morgan fingerprint density at radius 2 is 1.74 bits per heavy atom. The Hall–Kier alpha value is -3.34. The summed E-state index contributed by atoms with van der Waals surface area (Å²) in [5, 5.41) is 10.8. The summed E-state index contributed by atoms with van der Waals surface area (Å²) >= 11 is 0. The number of ketones is 1. The maximum Gasteiger partial charge on any atom is 0.295 e. The molecule has 0 spiro atoms. The van der Waals surface area contributed by atoms with Crippen molar-refractivity contribution in [3.05, 3.63) is 84.0 Å². The Bertz CT molecular complexity index is 899. The summed E-state index contributed by atoms with van der Waals surface area (Å²) in [7, 11) is 3.88. The van der Waals surface area contributed by atoms with Crippen LogP contribution in [0.5, 0.6) is 0 Å². The highest BCUT2D eigenvalue weighted by atomic mass is 16.3. The van der Waals surface area contributed by atoms with Crippen LogP contribution in [-0.4, -0.2) is 42.3 Å². The van der Waals surface area contributed by atoms with Gasteiger partial charge >= 0.3 is 0 Å². The second-order valence-electron chi connectivity index (χ2n) is 6.59. The second-order valence-corrected chi connectivity index (χ2v) is 6.59. The molecule has 1 saturated heterocycles. The van der Waals surface area contributed by atoms with Gasteiger partial charge in [0.25, 0.3) is 11.7 Å². The highest BCUT2D eigenvalue weighted by molar-refractivity contribution is 6.46. The predicted octanol–water partition coefficient (Wildman–Crippen LogP) is 3.36. The van der Waals surface area contributed by atoms with E-state index in [2.05, 4.69) is 6.58 Å². The molecule has 1 aliphatic heterocycles. The van der Waals surface area contributed by atoms with Gasteiger partial charge in [-0.2, -0.15) is 0 Å². The fraction of sp³-hybridized carbons (Fsp3) is 0.182. The van der Waals surface area contributed by atoms with Crippen LogP contribution >= 0.6 is 0 Å². The molecule has 1 aliphatic rings. The predicted molar refractivity (Wildman–Crippen MR) is 106 cm³/mol. The van der Waals surface area contributed by atoms with Crippen LogP contribution in [0.15, 0.2) is 72.8 Å². The molecule has 2 aromatic rings. The highest BCUT2D eigenvalue weighted by Gasteiger charge is 2.45. The molecule has 3 rings (SSSR count). The number of aliphatic hydroxyl groups is 1. The van der Waals surface area contributed by atoms with Gasteiger partial charge in [0, 0.05) is 31.9 Å². The molecular weight excluding hydrogens is 340 g/mol. The zero-order chi connectivity index (χ0) is 19.6. The number of carbonyl (C=O) groups is 2. The van der Waals surface area contributed by atoms with Gasteiger partial charge in [0.1, 0.15) is 5.76 Å². The fourth-order valence-corrected chi connectivity index (χ4v) is 3.26. The van der Waals surface area contributed by atoms with Crippen LogP contribution in [0.4, 0.5) is 5.69 Å². The number of benzene rings is 2. The van der Waals surface area contributed by atoms with Crippen LogP contribution in [0.1, 0.15) is 17.2 Å².